The maximum Gasteiger partial charge on any atom is 0.240 e. The Labute approximate surface area is 126 Å². The molecule has 0 aromatic carbocycles. The Balaban J connectivity index is 1.97. The van der Waals surface area contributed by atoms with Gasteiger partial charge in [0.2, 0.25) is 11.9 Å². The standard InChI is InChI=1S/C14H26N6O/c1-10(2)19(3)9-12(21)16-14-17-13(18-20(14)4)11-5-7-15-8-6-11/h10-11,15H,5-9H2,1-4H3,(H,16,17,18,21). The molecule has 1 aromatic rings. The Morgan fingerprint density at radius 3 is 2.76 bits per heavy atom. The summed E-state index contributed by atoms with van der Waals surface area (Å²) in [6.07, 6.45) is 2.10. The number of amides is 1. The zero-order valence-corrected chi connectivity index (χ0v) is 13.4. The van der Waals surface area contributed by atoms with Gasteiger partial charge >= 0.3 is 0 Å². The highest BCUT2D eigenvalue weighted by atomic mass is 16.2. The van der Waals surface area contributed by atoms with E-state index in [2.05, 4.69) is 34.6 Å². The number of carbonyl (C=O) groups is 1. The van der Waals surface area contributed by atoms with Crippen LogP contribution in [0, 0.1) is 0 Å². The normalized spacial score (nSPS) is 16.7. The minimum atomic E-state index is -0.0569. The van der Waals surface area contributed by atoms with Gasteiger partial charge in [-0.25, -0.2) is 4.68 Å². The number of carbonyl (C=O) groups excluding carboxylic acids is 1. The number of aryl methyl sites for hydroxylation is 1. The number of aromatic nitrogens is 3. The highest BCUT2D eigenvalue weighted by Crippen LogP contribution is 2.23. The van der Waals surface area contributed by atoms with Crippen LogP contribution < -0.4 is 10.6 Å². The smallest absolute Gasteiger partial charge is 0.240 e. The van der Waals surface area contributed by atoms with Crippen LogP contribution in [0.4, 0.5) is 5.95 Å². The molecule has 0 bridgehead atoms. The van der Waals surface area contributed by atoms with Gasteiger partial charge in [-0.05, 0) is 46.8 Å². The maximum atomic E-state index is 12.0. The number of hydrogen-bond acceptors (Lipinski definition) is 5. The summed E-state index contributed by atoms with van der Waals surface area (Å²) in [6, 6.07) is 0.334. The summed E-state index contributed by atoms with van der Waals surface area (Å²) in [7, 11) is 3.75. The molecule has 118 valence electrons. The van der Waals surface area contributed by atoms with Crippen LogP contribution in [0.2, 0.25) is 0 Å². The van der Waals surface area contributed by atoms with Crippen molar-refractivity contribution in [2.24, 2.45) is 7.05 Å². The van der Waals surface area contributed by atoms with E-state index >= 15 is 0 Å². The monoisotopic (exact) mass is 294 g/mol. The Kier molecular flexibility index (Phi) is 5.30. The van der Waals surface area contributed by atoms with Crippen molar-refractivity contribution < 1.29 is 4.79 Å². The van der Waals surface area contributed by atoms with Gasteiger partial charge in [-0.2, -0.15) is 10.1 Å². The van der Waals surface area contributed by atoms with Gasteiger partial charge in [-0.15, -0.1) is 0 Å². The van der Waals surface area contributed by atoms with E-state index in [0.29, 0.717) is 24.5 Å². The van der Waals surface area contributed by atoms with Crippen molar-refractivity contribution in [3.8, 4) is 0 Å². The van der Waals surface area contributed by atoms with E-state index in [9.17, 15) is 4.79 Å². The molecule has 1 aliphatic heterocycles. The highest BCUT2D eigenvalue weighted by molar-refractivity contribution is 5.90. The summed E-state index contributed by atoms with van der Waals surface area (Å²) >= 11 is 0. The van der Waals surface area contributed by atoms with Crippen LogP contribution >= 0.6 is 0 Å². The molecule has 2 heterocycles. The lowest BCUT2D eigenvalue weighted by molar-refractivity contribution is -0.117. The summed E-state index contributed by atoms with van der Waals surface area (Å²) < 4.78 is 1.66. The van der Waals surface area contributed by atoms with Gasteiger partial charge in [-0.1, -0.05) is 0 Å². The summed E-state index contributed by atoms with van der Waals surface area (Å²) in [4.78, 5) is 18.5. The van der Waals surface area contributed by atoms with Gasteiger partial charge in [0.1, 0.15) is 0 Å². The van der Waals surface area contributed by atoms with E-state index in [-0.39, 0.29) is 5.91 Å². The number of rotatable bonds is 5. The van der Waals surface area contributed by atoms with Crippen molar-refractivity contribution in [3.63, 3.8) is 0 Å². The fraction of sp³-hybridized carbons (Fsp3) is 0.786. The second-order valence-electron chi connectivity index (χ2n) is 6.00. The van der Waals surface area contributed by atoms with Crippen molar-refractivity contribution >= 4 is 11.9 Å². The first kappa shape index (κ1) is 15.9. The van der Waals surface area contributed by atoms with Crippen LogP contribution in [0.1, 0.15) is 38.4 Å². The predicted octanol–water partition coefficient (Wildman–Crippen LogP) is 0.561. The van der Waals surface area contributed by atoms with Crippen molar-refractivity contribution in [1.29, 1.82) is 0 Å². The van der Waals surface area contributed by atoms with Gasteiger partial charge in [-0.3, -0.25) is 15.0 Å². The molecule has 0 aliphatic carbocycles. The first-order valence-corrected chi connectivity index (χ1v) is 7.59. The van der Waals surface area contributed by atoms with Crippen LogP contribution in [-0.4, -0.2) is 58.3 Å². The van der Waals surface area contributed by atoms with Gasteiger partial charge < -0.3 is 5.32 Å². The van der Waals surface area contributed by atoms with Crippen LogP contribution in [0.3, 0.4) is 0 Å². The quantitative estimate of drug-likeness (QED) is 0.830. The molecule has 7 nitrogen and oxygen atoms in total. The fourth-order valence-corrected chi connectivity index (χ4v) is 2.34. The number of anilines is 1. The number of nitrogens with one attached hydrogen (secondary N) is 2. The van der Waals surface area contributed by atoms with Crippen LogP contribution in [0.15, 0.2) is 0 Å². The van der Waals surface area contributed by atoms with Gasteiger partial charge in [0.05, 0.1) is 6.54 Å². The molecule has 0 atom stereocenters. The summed E-state index contributed by atoms with van der Waals surface area (Å²) in [5.74, 6) is 1.71. The minimum Gasteiger partial charge on any atom is -0.317 e. The third kappa shape index (κ3) is 4.25. The first-order valence-electron chi connectivity index (χ1n) is 7.59. The number of hydrogen-bond donors (Lipinski definition) is 2. The Morgan fingerprint density at radius 2 is 2.14 bits per heavy atom. The SMILES string of the molecule is CC(C)N(C)CC(=O)Nc1nc(C2CCNCC2)nn1C. The lowest BCUT2D eigenvalue weighted by Gasteiger charge is -2.20. The Bertz CT molecular complexity index is 478. The van der Waals surface area contributed by atoms with E-state index in [1.165, 1.54) is 0 Å². The van der Waals surface area contributed by atoms with Crippen molar-refractivity contribution in [2.75, 3.05) is 32.0 Å². The Morgan fingerprint density at radius 1 is 1.48 bits per heavy atom. The number of likely N-dealkylation sites (N-methyl/N-ethyl adjacent to an activating group) is 1. The fourth-order valence-electron chi connectivity index (χ4n) is 2.34. The molecule has 0 unspecified atom stereocenters. The van der Waals surface area contributed by atoms with E-state index < -0.39 is 0 Å². The maximum absolute atomic E-state index is 12.0. The molecular weight excluding hydrogens is 268 g/mol. The number of nitrogens with zero attached hydrogens (tertiary/aromatic N) is 4. The minimum absolute atomic E-state index is 0.0569. The van der Waals surface area contributed by atoms with Gasteiger partial charge in [0.15, 0.2) is 5.82 Å². The van der Waals surface area contributed by atoms with Crippen LogP contribution in [-0.2, 0) is 11.8 Å². The zero-order chi connectivity index (χ0) is 15.4. The molecule has 1 amide bonds. The van der Waals surface area contributed by atoms with Crippen molar-refractivity contribution in [3.05, 3.63) is 5.82 Å². The lowest BCUT2D eigenvalue weighted by atomic mass is 9.98. The molecule has 1 aromatic heterocycles. The topological polar surface area (TPSA) is 75.1 Å². The zero-order valence-electron chi connectivity index (χ0n) is 13.4. The number of piperidine rings is 1. The average Bonchev–Trinajstić information content (AvgIpc) is 2.81. The Hall–Kier alpha value is -1.47. The average molecular weight is 294 g/mol. The molecule has 1 aliphatic rings. The predicted molar refractivity (Wildman–Crippen MR) is 82.2 cm³/mol. The van der Waals surface area contributed by atoms with E-state index in [4.69, 9.17) is 0 Å². The lowest BCUT2D eigenvalue weighted by Crippen LogP contribution is -2.35. The van der Waals surface area contributed by atoms with Gasteiger partial charge in [0.25, 0.3) is 0 Å². The largest absolute Gasteiger partial charge is 0.317 e. The van der Waals surface area contributed by atoms with E-state index in [1.54, 1.807) is 4.68 Å². The molecule has 0 radical (unpaired) electrons. The second-order valence-corrected chi connectivity index (χ2v) is 6.00. The van der Waals surface area contributed by atoms with Crippen molar-refractivity contribution in [2.45, 2.75) is 38.6 Å². The third-order valence-corrected chi connectivity index (χ3v) is 4.01. The molecule has 2 N–H and O–H groups in total. The molecule has 21 heavy (non-hydrogen) atoms. The molecular formula is C14H26N6O. The van der Waals surface area contributed by atoms with E-state index in [1.807, 2.05) is 19.0 Å². The molecule has 2 rings (SSSR count). The summed E-state index contributed by atoms with van der Waals surface area (Å²) in [5, 5.41) is 10.6. The van der Waals surface area contributed by atoms with Gasteiger partial charge in [0, 0.05) is 19.0 Å². The molecule has 1 saturated heterocycles. The highest BCUT2D eigenvalue weighted by Gasteiger charge is 2.21. The third-order valence-electron chi connectivity index (χ3n) is 4.01. The first-order chi connectivity index (χ1) is 9.97. The van der Waals surface area contributed by atoms with Crippen LogP contribution in [0.5, 0.6) is 0 Å². The summed E-state index contributed by atoms with van der Waals surface area (Å²) in [6.45, 7) is 6.48. The molecule has 7 heteroatoms. The molecule has 0 saturated carbocycles. The molecule has 0 spiro atoms. The van der Waals surface area contributed by atoms with Crippen molar-refractivity contribution in [1.82, 2.24) is 25.0 Å². The second kappa shape index (κ2) is 7.00. The van der Waals surface area contributed by atoms with Crippen LogP contribution in [0.25, 0.3) is 0 Å². The molecule has 1 fully saturated rings. The van der Waals surface area contributed by atoms with E-state index in [0.717, 1.165) is 31.8 Å². The summed E-state index contributed by atoms with van der Waals surface area (Å²) in [5.41, 5.74) is 0.